The van der Waals surface area contributed by atoms with Crippen LogP contribution in [-0.2, 0) is 31.1 Å². The SMILES string of the molecule is CC(=O)N1CCc2ccc(S(=O)(=O)N(C3CC3)[C@@H](C)CS(C)(=O)=O)cc21. The molecular formula is C17H24N2O5S2. The number of benzene rings is 1. The molecule has 0 saturated heterocycles. The van der Waals surface area contributed by atoms with E-state index in [0.717, 1.165) is 24.7 Å². The maximum absolute atomic E-state index is 13.2. The summed E-state index contributed by atoms with van der Waals surface area (Å²) in [7, 11) is -7.15. The Labute approximate surface area is 155 Å². The second kappa shape index (κ2) is 6.61. The van der Waals surface area contributed by atoms with Gasteiger partial charge in [-0.3, -0.25) is 4.79 Å². The monoisotopic (exact) mass is 400 g/mol. The highest BCUT2D eigenvalue weighted by Crippen LogP contribution is 2.37. The van der Waals surface area contributed by atoms with Crippen molar-refractivity contribution >= 4 is 31.5 Å². The second-order valence-electron chi connectivity index (χ2n) is 7.22. The number of carbonyl (C=O) groups is 1. The predicted octanol–water partition coefficient (Wildman–Crippen LogP) is 1.18. The highest BCUT2D eigenvalue weighted by molar-refractivity contribution is 7.91. The molecule has 7 nitrogen and oxygen atoms in total. The van der Waals surface area contributed by atoms with E-state index in [2.05, 4.69) is 0 Å². The van der Waals surface area contributed by atoms with E-state index in [-0.39, 0.29) is 22.6 Å². The highest BCUT2D eigenvalue weighted by Gasteiger charge is 2.42. The second-order valence-corrected chi connectivity index (χ2v) is 11.2. The number of amides is 1. The van der Waals surface area contributed by atoms with Gasteiger partial charge >= 0.3 is 0 Å². The van der Waals surface area contributed by atoms with Gasteiger partial charge in [0.05, 0.1) is 10.6 Å². The zero-order valence-corrected chi connectivity index (χ0v) is 16.8. The van der Waals surface area contributed by atoms with Gasteiger partial charge in [-0.05, 0) is 43.9 Å². The van der Waals surface area contributed by atoms with E-state index < -0.39 is 25.9 Å². The smallest absolute Gasteiger partial charge is 0.243 e. The Bertz CT molecular complexity index is 936. The number of sulfone groups is 1. The molecule has 3 rings (SSSR count). The molecule has 1 aliphatic carbocycles. The van der Waals surface area contributed by atoms with Crippen molar-refractivity contribution < 1.29 is 21.6 Å². The molecule has 0 aromatic heterocycles. The molecule has 26 heavy (non-hydrogen) atoms. The summed E-state index contributed by atoms with van der Waals surface area (Å²) in [5, 5.41) is 0. The largest absolute Gasteiger partial charge is 0.312 e. The summed E-state index contributed by atoms with van der Waals surface area (Å²) in [5.74, 6) is -0.337. The fourth-order valence-electron chi connectivity index (χ4n) is 3.60. The molecule has 0 spiro atoms. The Hall–Kier alpha value is -1.45. The molecule has 2 aliphatic rings. The van der Waals surface area contributed by atoms with Crippen molar-refractivity contribution in [2.75, 3.05) is 23.5 Å². The summed E-state index contributed by atoms with van der Waals surface area (Å²) >= 11 is 0. The fourth-order valence-corrected chi connectivity index (χ4v) is 6.63. The molecule has 0 N–H and O–H groups in total. The third kappa shape index (κ3) is 3.79. The molecule has 0 unspecified atom stereocenters. The van der Waals surface area contributed by atoms with E-state index in [1.54, 1.807) is 30.0 Å². The summed E-state index contributed by atoms with van der Waals surface area (Å²) in [4.78, 5) is 13.5. The van der Waals surface area contributed by atoms with Gasteiger partial charge in [0.1, 0.15) is 9.84 Å². The molecule has 9 heteroatoms. The zero-order valence-electron chi connectivity index (χ0n) is 15.2. The molecule has 1 amide bonds. The van der Waals surface area contributed by atoms with E-state index in [4.69, 9.17) is 0 Å². The van der Waals surface area contributed by atoms with Crippen molar-refractivity contribution in [1.82, 2.24) is 4.31 Å². The Morgan fingerprint density at radius 2 is 1.92 bits per heavy atom. The van der Waals surface area contributed by atoms with Crippen LogP contribution in [-0.4, -0.2) is 57.7 Å². The minimum Gasteiger partial charge on any atom is -0.312 e. The number of sulfonamides is 1. The van der Waals surface area contributed by atoms with Gasteiger partial charge in [-0.2, -0.15) is 4.31 Å². The molecule has 0 bridgehead atoms. The number of rotatable bonds is 6. The third-order valence-corrected chi connectivity index (χ3v) is 7.94. The maximum Gasteiger partial charge on any atom is 0.243 e. The van der Waals surface area contributed by atoms with Crippen molar-refractivity contribution in [2.45, 2.75) is 50.1 Å². The van der Waals surface area contributed by atoms with Gasteiger partial charge in [-0.25, -0.2) is 16.8 Å². The predicted molar refractivity (Wildman–Crippen MR) is 99.4 cm³/mol. The van der Waals surface area contributed by atoms with Crippen molar-refractivity contribution in [3.63, 3.8) is 0 Å². The molecular weight excluding hydrogens is 376 g/mol. The van der Waals surface area contributed by atoms with Crippen LogP contribution in [0.2, 0.25) is 0 Å². The lowest BCUT2D eigenvalue weighted by molar-refractivity contribution is -0.116. The molecule has 1 fully saturated rings. The minimum atomic E-state index is -3.85. The highest BCUT2D eigenvalue weighted by atomic mass is 32.2. The van der Waals surface area contributed by atoms with Gasteiger partial charge in [0.15, 0.2) is 0 Å². The van der Waals surface area contributed by atoms with Crippen LogP contribution in [0.4, 0.5) is 5.69 Å². The topological polar surface area (TPSA) is 91.8 Å². The van der Waals surface area contributed by atoms with Crippen LogP contribution in [0.5, 0.6) is 0 Å². The van der Waals surface area contributed by atoms with Gasteiger partial charge in [-0.1, -0.05) is 6.07 Å². The number of nitrogens with zero attached hydrogens (tertiary/aromatic N) is 2. The third-order valence-electron chi connectivity index (χ3n) is 4.79. The van der Waals surface area contributed by atoms with Crippen LogP contribution in [0.3, 0.4) is 0 Å². The summed E-state index contributed by atoms with van der Waals surface area (Å²) in [6.45, 7) is 3.64. The number of carbonyl (C=O) groups excluding carboxylic acids is 1. The number of fused-ring (bicyclic) bond motifs is 1. The lowest BCUT2D eigenvalue weighted by Crippen LogP contribution is -2.43. The van der Waals surface area contributed by atoms with Crippen LogP contribution in [0, 0.1) is 0 Å². The van der Waals surface area contributed by atoms with E-state index in [9.17, 15) is 21.6 Å². The molecule has 1 aromatic rings. The van der Waals surface area contributed by atoms with Crippen molar-refractivity contribution in [3.05, 3.63) is 23.8 Å². The van der Waals surface area contributed by atoms with E-state index in [1.807, 2.05) is 0 Å². The van der Waals surface area contributed by atoms with Crippen LogP contribution >= 0.6 is 0 Å². The van der Waals surface area contributed by atoms with E-state index in [0.29, 0.717) is 18.7 Å². The van der Waals surface area contributed by atoms with Crippen LogP contribution in [0.15, 0.2) is 23.1 Å². The number of hydrogen-bond acceptors (Lipinski definition) is 5. The van der Waals surface area contributed by atoms with Crippen molar-refractivity contribution in [3.8, 4) is 0 Å². The molecule has 1 aromatic carbocycles. The summed E-state index contributed by atoms with van der Waals surface area (Å²) < 4.78 is 51.1. The molecule has 144 valence electrons. The van der Waals surface area contributed by atoms with Gasteiger partial charge in [0.25, 0.3) is 0 Å². The van der Waals surface area contributed by atoms with E-state index >= 15 is 0 Å². The average molecular weight is 401 g/mol. The molecule has 1 aliphatic heterocycles. The Morgan fingerprint density at radius 3 is 2.46 bits per heavy atom. The Kier molecular flexibility index (Phi) is 4.91. The van der Waals surface area contributed by atoms with E-state index in [1.165, 1.54) is 11.2 Å². The number of hydrogen-bond donors (Lipinski definition) is 0. The van der Waals surface area contributed by atoms with Crippen molar-refractivity contribution in [1.29, 1.82) is 0 Å². The normalized spacial score (nSPS) is 18.8. The van der Waals surface area contributed by atoms with Crippen LogP contribution in [0.25, 0.3) is 0 Å². The number of anilines is 1. The lowest BCUT2D eigenvalue weighted by Gasteiger charge is -2.28. The van der Waals surface area contributed by atoms with Crippen LogP contribution in [0.1, 0.15) is 32.3 Å². The maximum atomic E-state index is 13.2. The summed E-state index contributed by atoms with van der Waals surface area (Å²) in [6, 6.07) is 4.05. The summed E-state index contributed by atoms with van der Waals surface area (Å²) in [6.07, 6.45) is 3.28. The van der Waals surface area contributed by atoms with Gasteiger partial charge in [0.2, 0.25) is 15.9 Å². The first kappa shape index (κ1) is 19.3. The Morgan fingerprint density at radius 1 is 1.27 bits per heavy atom. The Balaban J connectivity index is 1.99. The fraction of sp³-hybridized carbons (Fsp3) is 0.588. The standard InChI is InChI=1S/C17H24N2O5S2/c1-12(11-25(3,21)22)19(15-5-6-15)26(23,24)16-7-4-14-8-9-18(13(2)20)17(14)10-16/h4,7,10,12,15H,5-6,8-9,11H2,1-3H3/t12-/m0/s1. The quantitative estimate of drug-likeness (QED) is 0.715. The first-order chi connectivity index (χ1) is 12.0. The molecule has 1 atom stereocenters. The molecule has 1 heterocycles. The summed E-state index contributed by atoms with van der Waals surface area (Å²) in [5.41, 5.74) is 1.58. The molecule has 0 radical (unpaired) electrons. The van der Waals surface area contributed by atoms with Gasteiger partial charge < -0.3 is 4.90 Å². The first-order valence-corrected chi connectivity index (χ1v) is 12.1. The lowest BCUT2D eigenvalue weighted by atomic mass is 10.2. The van der Waals surface area contributed by atoms with Gasteiger partial charge in [0, 0.05) is 37.5 Å². The first-order valence-electron chi connectivity index (χ1n) is 8.63. The van der Waals surface area contributed by atoms with Crippen molar-refractivity contribution in [2.24, 2.45) is 0 Å². The van der Waals surface area contributed by atoms with Crippen LogP contribution < -0.4 is 4.90 Å². The minimum absolute atomic E-state index is 0.108. The zero-order chi connectivity index (χ0) is 19.3. The molecule has 1 saturated carbocycles. The van der Waals surface area contributed by atoms with Gasteiger partial charge in [-0.15, -0.1) is 0 Å². The average Bonchev–Trinajstić information content (AvgIpc) is 3.21.